The Bertz CT molecular complexity index is 226. The lowest BCUT2D eigenvalue weighted by atomic mass is 10.1. The van der Waals surface area contributed by atoms with E-state index in [1.54, 1.807) is 11.3 Å². The van der Waals surface area contributed by atoms with Crippen LogP contribution in [0.3, 0.4) is 0 Å². The van der Waals surface area contributed by atoms with Crippen molar-refractivity contribution in [1.82, 2.24) is 0 Å². The van der Waals surface area contributed by atoms with Gasteiger partial charge in [0.1, 0.15) is 0 Å². The second-order valence-corrected chi connectivity index (χ2v) is 3.67. The van der Waals surface area contributed by atoms with E-state index in [2.05, 4.69) is 6.92 Å². The highest BCUT2D eigenvalue weighted by atomic mass is 32.1. The van der Waals surface area contributed by atoms with Crippen molar-refractivity contribution in [3.05, 3.63) is 22.4 Å². The van der Waals surface area contributed by atoms with E-state index in [1.165, 1.54) is 6.42 Å². The first kappa shape index (κ1) is 9.46. The SMILES string of the molecule is CCCCCC(=O)c1ccsc1. The number of hydrogen-bond donors (Lipinski definition) is 0. The lowest BCUT2D eigenvalue weighted by Crippen LogP contribution is -1.95. The van der Waals surface area contributed by atoms with Crippen LogP contribution >= 0.6 is 11.3 Å². The van der Waals surface area contributed by atoms with Crippen LogP contribution in [-0.2, 0) is 0 Å². The van der Waals surface area contributed by atoms with Gasteiger partial charge in [0.15, 0.2) is 5.78 Å². The lowest BCUT2D eigenvalue weighted by Gasteiger charge is -1.95. The van der Waals surface area contributed by atoms with Crippen LogP contribution < -0.4 is 0 Å². The van der Waals surface area contributed by atoms with Gasteiger partial charge < -0.3 is 0 Å². The Hall–Kier alpha value is -0.630. The smallest absolute Gasteiger partial charge is 0.163 e. The van der Waals surface area contributed by atoms with Crippen molar-refractivity contribution in [2.24, 2.45) is 0 Å². The van der Waals surface area contributed by atoms with E-state index in [4.69, 9.17) is 0 Å². The minimum absolute atomic E-state index is 0.296. The average molecular weight is 182 g/mol. The molecular weight excluding hydrogens is 168 g/mol. The Morgan fingerprint density at radius 2 is 2.33 bits per heavy atom. The molecule has 0 aliphatic carbocycles. The van der Waals surface area contributed by atoms with E-state index in [9.17, 15) is 4.79 Å². The van der Waals surface area contributed by atoms with Gasteiger partial charge >= 0.3 is 0 Å². The van der Waals surface area contributed by atoms with Gasteiger partial charge in [0.05, 0.1) is 0 Å². The van der Waals surface area contributed by atoms with Gasteiger partial charge in [-0.1, -0.05) is 19.8 Å². The van der Waals surface area contributed by atoms with Crippen molar-refractivity contribution in [3.63, 3.8) is 0 Å². The van der Waals surface area contributed by atoms with E-state index in [0.717, 1.165) is 18.4 Å². The van der Waals surface area contributed by atoms with Crippen molar-refractivity contribution < 1.29 is 4.79 Å². The van der Waals surface area contributed by atoms with Crippen LogP contribution in [0.15, 0.2) is 16.8 Å². The molecule has 1 aromatic heterocycles. The van der Waals surface area contributed by atoms with Gasteiger partial charge in [-0.05, 0) is 17.9 Å². The van der Waals surface area contributed by atoms with Crippen LogP contribution in [0, 0.1) is 0 Å². The first-order chi connectivity index (χ1) is 5.84. The summed E-state index contributed by atoms with van der Waals surface area (Å²) in [6.45, 7) is 2.15. The average Bonchev–Trinajstić information content (AvgIpc) is 2.56. The van der Waals surface area contributed by atoms with Crippen molar-refractivity contribution in [3.8, 4) is 0 Å². The Kier molecular flexibility index (Phi) is 4.01. The van der Waals surface area contributed by atoms with E-state index in [-0.39, 0.29) is 0 Å². The fraction of sp³-hybridized carbons (Fsp3) is 0.500. The Morgan fingerprint density at radius 1 is 1.50 bits per heavy atom. The summed E-state index contributed by atoms with van der Waals surface area (Å²) in [5.74, 6) is 0.296. The maximum atomic E-state index is 11.4. The molecule has 1 rings (SSSR count). The quantitative estimate of drug-likeness (QED) is 0.503. The van der Waals surface area contributed by atoms with E-state index >= 15 is 0 Å². The molecule has 1 heterocycles. The number of carbonyl (C=O) groups is 1. The lowest BCUT2D eigenvalue weighted by molar-refractivity contribution is 0.0980. The largest absolute Gasteiger partial charge is 0.294 e. The van der Waals surface area contributed by atoms with Gasteiger partial charge in [-0.15, -0.1) is 0 Å². The van der Waals surface area contributed by atoms with Crippen molar-refractivity contribution in [1.29, 1.82) is 0 Å². The molecule has 0 unspecified atom stereocenters. The molecule has 0 saturated carbocycles. The number of unbranched alkanes of at least 4 members (excludes halogenated alkanes) is 2. The molecule has 0 N–H and O–H groups in total. The number of Topliss-reactive ketones (excluding diaryl/α,β-unsaturated/α-hetero) is 1. The molecule has 12 heavy (non-hydrogen) atoms. The fourth-order valence-electron chi connectivity index (χ4n) is 1.10. The first-order valence-electron chi connectivity index (χ1n) is 4.40. The van der Waals surface area contributed by atoms with E-state index in [1.807, 2.05) is 16.8 Å². The summed E-state index contributed by atoms with van der Waals surface area (Å²) in [5.41, 5.74) is 0.885. The van der Waals surface area contributed by atoms with Crippen LogP contribution in [0.1, 0.15) is 43.0 Å². The summed E-state index contributed by atoms with van der Waals surface area (Å²) >= 11 is 1.59. The van der Waals surface area contributed by atoms with Crippen LogP contribution in [0.2, 0.25) is 0 Å². The third-order valence-corrected chi connectivity index (χ3v) is 2.53. The molecule has 0 atom stereocenters. The summed E-state index contributed by atoms with van der Waals surface area (Å²) in [6.07, 6.45) is 4.09. The Morgan fingerprint density at radius 3 is 2.92 bits per heavy atom. The van der Waals surface area contributed by atoms with Crippen LogP contribution in [0.4, 0.5) is 0 Å². The summed E-state index contributed by atoms with van der Waals surface area (Å²) < 4.78 is 0. The standard InChI is InChI=1S/C10H14OS/c1-2-3-4-5-10(11)9-6-7-12-8-9/h6-8H,2-5H2,1H3. The molecule has 1 aromatic rings. The number of thiophene rings is 1. The molecule has 0 fully saturated rings. The van der Waals surface area contributed by atoms with Crippen molar-refractivity contribution >= 4 is 17.1 Å². The highest BCUT2D eigenvalue weighted by molar-refractivity contribution is 7.08. The maximum absolute atomic E-state index is 11.4. The van der Waals surface area contributed by atoms with E-state index in [0.29, 0.717) is 12.2 Å². The highest BCUT2D eigenvalue weighted by Gasteiger charge is 2.04. The third kappa shape index (κ3) is 2.78. The summed E-state index contributed by atoms with van der Waals surface area (Å²) in [7, 11) is 0. The first-order valence-corrected chi connectivity index (χ1v) is 5.34. The van der Waals surface area contributed by atoms with Gasteiger partial charge in [0, 0.05) is 17.4 Å². The molecule has 66 valence electrons. The van der Waals surface area contributed by atoms with Gasteiger partial charge in [-0.3, -0.25) is 4.79 Å². The normalized spacial score (nSPS) is 10.1. The molecule has 0 saturated heterocycles. The molecule has 2 heteroatoms. The maximum Gasteiger partial charge on any atom is 0.163 e. The third-order valence-electron chi connectivity index (χ3n) is 1.85. The van der Waals surface area contributed by atoms with Gasteiger partial charge in [-0.25, -0.2) is 0 Å². The zero-order chi connectivity index (χ0) is 8.81. The van der Waals surface area contributed by atoms with Crippen molar-refractivity contribution in [2.45, 2.75) is 32.6 Å². The number of carbonyl (C=O) groups excluding carboxylic acids is 1. The topological polar surface area (TPSA) is 17.1 Å². The second-order valence-electron chi connectivity index (χ2n) is 2.89. The molecule has 0 radical (unpaired) electrons. The molecule has 0 aliphatic rings. The zero-order valence-electron chi connectivity index (χ0n) is 7.38. The van der Waals surface area contributed by atoms with Gasteiger partial charge in [-0.2, -0.15) is 11.3 Å². The molecule has 0 aromatic carbocycles. The minimum Gasteiger partial charge on any atom is -0.294 e. The van der Waals surface area contributed by atoms with Crippen LogP contribution in [0.25, 0.3) is 0 Å². The number of rotatable bonds is 5. The molecule has 1 nitrogen and oxygen atoms in total. The van der Waals surface area contributed by atoms with Crippen LogP contribution in [-0.4, -0.2) is 5.78 Å². The monoisotopic (exact) mass is 182 g/mol. The number of hydrogen-bond acceptors (Lipinski definition) is 2. The molecule has 0 spiro atoms. The predicted octanol–water partition coefficient (Wildman–Crippen LogP) is 3.51. The Balaban J connectivity index is 2.30. The van der Waals surface area contributed by atoms with Gasteiger partial charge in [0.2, 0.25) is 0 Å². The molecular formula is C10H14OS. The second kappa shape index (κ2) is 5.09. The predicted molar refractivity (Wildman–Crippen MR) is 52.8 cm³/mol. The Labute approximate surface area is 77.4 Å². The number of ketones is 1. The molecule has 0 bridgehead atoms. The fourth-order valence-corrected chi connectivity index (χ4v) is 1.76. The highest BCUT2D eigenvalue weighted by Crippen LogP contribution is 2.11. The molecule has 0 aliphatic heterocycles. The van der Waals surface area contributed by atoms with E-state index < -0.39 is 0 Å². The minimum atomic E-state index is 0.296. The van der Waals surface area contributed by atoms with Gasteiger partial charge in [0.25, 0.3) is 0 Å². The zero-order valence-corrected chi connectivity index (χ0v) is 8.19. The summed E-state index contributed by atoms with van der Waals surface area (Å²) in [4.78, 5) is 11.4. The summed E-state index contributed by atoms with van der Waals surface area (Å²) in [5, 5.41) is 3.88. The summed E-state index contributed by atoms with van der Waals surface area (Å²) in [6, 6.07) is 1.90. The van der Waals surface area contributed by atoms with Crippen molar-refractivity contribution in [2.75, 3.05) is 0 Å². The van der Waals surface area contributed by atoms with Crippen LogP contribution in [0.5, 0.6) is 0 Å². The molecule has 0 amide bonds.